The maximum Gasteiger partial charge on any atom is 0.410 e. The average Bonchev–Trinajstić information content (AvgIpc) is 3.17. The Hall–Kier alpha value is -2.58. The van der Waals surface area contributed by atoms with Gasteiger partial charge in [0.05, 0.1) is 6.04 Å². The Bertz CT molecular complexity index is 1050. The lowest BCUT2D eigenvalue weighted by Gasteiger charge is -2.40. The SMILES string of the molecule is CN(C[C@H]1CC[C@H](C(=O)N2CCc3c([nH]c4ccccc34)C2CC(O)O)CC1)C(=O)OC(C)(C)C. The number of fused-ring (bicyclic) bond motifs is 3. The van der Waals surface area contributed by atoms with Crippen LogP contribution in [0.2, 0.25) is 0 Å². The molecule has 8 nitrogen and oxygen atoms in total. The third-order valence-electron chi connectivity index (χ3n) is 7.31. The van der Waals surface area contributed by atoms with Gasteiger partial charge in [0.1, 0.15) is 5.60 Å². The van der Waals surface area contributed by atoms with E-state index in [1.807, 2.05) is 43.9 Å². The normalized spacial score (nSPS) is 22.8. The molecule has 0 bridgehead atoms. The summed E-state index contributed by atoms with van der Waals surface area (Å²) < 4.78 is 5.46. The van der Waals surface area contributed by atoms with E-state index in [0.717, 1.165) is 48.7 Å². The number of amides is 2. The third kappa shape index (κ3) is 5.81. The number of benzene rings is 1. The van der Waals surface area contributed by atoms with Crippen molar-refractivity contribution in [2.45, 2.75) is 77.2 Å². The Morgan fingerprint density at radius 1 is 1.17 bits per heavy atom. The highest BCUT2D eigenvalue weighted by molar-refractivity contribution is 5.86. The molecule has 192 valence electrons. The number of aromatic amines is 1. The molecule has 0 spiro atoms. The molecule has 1 aromatic carbocycles. The van der Waals surface area contributed by atoms with Gasteiger partial charge in [-0.2, -0.15) is 0 Å². The first-order valence-corrected chi connectivity index (χ1v) is 12.7. The minimum atomic E-state index is -1.49. The molecule has 1 aromatic heterocycles. The van der Waals surface area contributed by atoms with E-state index in [1.165, 1.54) is 5.56 Å². The van der Waals surface area contributed by atoms with Gasteiger partial charge in [0.25, 0.3) is 0 Å². The number of rotatable bonds is 5. The predicted octanol–water partition coefficient (Wildman–Crippen LogP) is 3.97. The summed E-state index contributed by atoms with van der Waals surface area (Å²) >= 11 is 0. The molecule has 8 heteroatoms. The van der Waals surface area contributed by atoms with Gasteiger partial charge in [0.15, 0.2) is 6.29 Å². The van der Waals surface area contributed by atoms with Crippen molar-refractivity contribution in [2.75, 3.05) is 20.1 Å². The summed E-state index contributed by atoms with van der Waals surface area (Å²) in [6.45, 7) is 6.78. The van der Waals surface area contributed by atoms with E-state index < -0.39 is 11.9 Å². The topological polar surface area (TPSA) is 106 Å². The quantitative estimate of drug-likeness (QED) is 0.556. The van der Waals surface area contributed by atoms with Gasteiger partial charge in [-0.3, -0.25) is 4.79 Å². The molecule has 35 heavy (non-hydrogen) atoms. The lowest BCUT2D eigenvalue weighted by molar-refractivity contribution is -0.142. The van der Waals surface area contributed by atoms with Crippen LogP contribution in [0.1, 0.15) is 70.2 Å². The van der Waals surface area contributed by atoms with Crippen LogP contribution in [-0.2, 0) is 16.0 Å². The summed E-state index contributed by atoms with van der Waals surface area (Å²) in [5.74, 6) is 0.356. The van der Waals surface area contributed by atoms with Crippen molar-refractivity contribution in [3.8, 4) is 0 Å². The number of hydrogen-bond donors (Lipinski definition) is 3. The van der Waals surface area contributed by atoms with Crippen molar-refractivity contribution in [2.24, 2.45) is 11.8 Å². The fourth-order valence-electron chi connectivity index (χ4n) is 5.66. The molecule has 0 saturated heterocycles. The van der Waals surface area contributed by atoms with Crippen molar-refractivity contribution in [3.05, 3.63) is 35.5 Å². The van der Waals surface area contributed by atoms with Crippen LogP contribution < -0.4 is 0 Å². The third-order valence-corrected chi connectivity index (χ3v) is 7.31. The van der Waals surface area contributed by atoms with E-state index in [9.17, 15) is 19.8 Å². The lowest BCUT2D eigenvalue weighted by Crippen LogP contribution is -2.45. The standard InChI is InChI=1S/C27H39N3O5/c1-27(2,3)35-26(34)29(4)16-17-9-11-18(12-10-17)25(33)30-14-13-20-19-7-5-6-8-21(19)28-24(20)22(30)15-23(31)32/h5-8,17-18,22-23,28,31-32H,9-16H2,1-4H3/t17-,18-,22?. The molecular weight excluding hydrogens is 446 g/mol. The molecule has 0 radical (unpaired) electrons. The van der Waals surface area contributed by atoms with Gasteiger partial charge in [0.2, 0.25) is 5.91 Å². The largest absolute Gasteiger partial charge is 0.444 e. The van der Waals surface area contributed by atoms with Gasteiger partial charge >= 0.3 is 6.09 Å². The van der Waals surface area contributed by atoms with E-state index in [4.69, 9.17) is 4.74 Å². The van der Waals surface area contributed by atoms with Gasteiger partial charge in [-0.15, -0.1) is 0 Å². The number of H-pyrrole nitrogens is 1. The van der Waals surface area contributed by atoms with Crippen molar-refractivity contribution < 1.29 is 24.5 Å². The maximum absolute atomic E-state index is 13.6. The van der Waals surface area contributed by atoms with E-state index in [-0.39, 0.29) is 30.4 Å². The highest BCUT2D eigenvalue weighted by Gasteiger charge is 2.38. The number of hydrogen-bond acceptors (Lipinski definition) is 5. The summed E-state index contributed by atoms with van der Waals surface area (Å²) in [6, 6.07) is 7.69. The summed E-state index contributed by atoms with van der Waals surface area (Å²) in [5.41, 5.74) is 2.59. The van der Waals surface area contributed by atoms with E-state index >= 15 is 0 Å². The number of para-hydroxylation sites is 1. The van der Waals surface area contributed by atoms with Crippen molar-refractivity contribution >= 4 is 22.9 Å². The molecule has 1 fully saturated rings. The lowest BCUT2D eigenvalue weighted by atomic mass is 9.80. The molecule has 1 unspecified atom stereocenters. The molecule has 1 aliphatic carbocycles. The number of carbonyl (C=O) groups is 2. The summed E-state index contributed by atoms with van der Waals surface area (Å²) in [5, 5.41) is 20.8. The maximum atomic E-state index is 13.6. The Morgan fingerprint density at radius 2 is 1.86 bits per heavy atom. The highest BCUT2D eigenvalue weighted by atomic mass is 16.6. The first-order chi connectivity index (χ1) is 16.5. The second kappa shape index (κ2) is 10.2. The molecule has 3 N–H and O–H groups in total. The molecule has 4 rings (SSSR count). The Morgan fingerprint density at radius 3 is 2.51 bits per heavy atom. The van der Waals surface area contributed by atoms with Crippen LogP contribution in [-0.4, -0.2) is 69.0 Å². The molecule has 1 saturated carbocycles. The van der Waals surface area contributed by atoms with Gasteiger partial charge in [-0.05, 0) is 70.4 Å². The van der Waals surface area contributed by atoms with Gasteiger partial charge in [0, 0.05) is 49.1 Å². The van der Waals surface area contributed by atoms with E-state index in [2.05, 4.69) is 11.1 Å². The van der Waals surface area contributed by atoms with E-state index in [0.29, 0.717) is 19.0 Å². The number of ether oxygens (including phenoxy) is 1. The minimum Gasteiger partial charge on any atom is -0.444 e. The fraction of sp³-hybridized carbons (Fsp3) is 0.630. The minimum absolute atomic E-state index is 0.0812. The first kappa shape index (κ1) is 25.5. The smallest absolute Gasteiger partial charge is 0.410 e. The predicted molar refractivity (Wildman–Crippen MR) is 134 cm³/mol. The summed E-state index contributed by atoms with van der Waals surface area (Å²) in [6.07, 6.45) is 2.33. The van der Waals surface area contributed by atoms with Crippen molar-refractivity contribution in [3.63, 3.8) is 0 Å². The van der Waals surface area contributed by atoms with E-state index in [1.54, 1.807) is 11.9 Å². The van der Waals surface area contributed by atoms with Crippen LogP contribution in [0.25, 0.3) is 10.9 Å². The van der Waals surface area contributed by atoms with Crippen molar-refractivity contribution in [1.29, 1.82) is 0 Å². The zero-order valence-corrected chi connectivity index (χ0v) is 21.3. The summed E-state index contributed by atoms with van der Waals surface area (Å²) in [4.78, 5) is 32.9. The molecule has 2 aliphatic rings. The van der Waals surface area contributed by atoms with Crippen LogP contribution in [0, 0.1) is 11.8 Å². The molecular formula is C27H39N3O5. The van der Waals surface area contributed by atoms with Crippen LogP contribution in [0.3, 0.4) is 0 Å². The van der Waals surface area contributed by atoms with Crippen LogP contribution >= 0.6 is 0 Å². The van der Waals surface area contributed by atoms with Crippen LogP contribution in [0.15, 0.2) is 24.3 Å². The second-order valence-electron chi connectivity index (χ2n) is 11.2. The highest BCUT2D eigenvalue weighted by Crippen LogP contribution is 2.39. The van der Waals surface area contributed by atoms with Gasteiger partial charge < -0.3 is 29.7 Å². The van der Waals surface area contributed by atoms with Crippen LogP contribution in [0.5, 0.6) is 0 Å². The number of nitrogens with zero attached hydrogens (tertiary/aromatic N) is 2. The molecule has 2 heterocycles. The molecule has 2 amide bonds. The number of aromatic nitrogens is 1. The van der Waals surface area contributed by atoms with Crippen molar-refractivity contribution in [1.82, 2.24) is 14.8 Å². The zero-order chi connectivity index (χ0) is 25.3. The summed E-state index contributed by atoms with van der Waals surface area (Å²) in [7, 11) is 1.77. The van der Waals surface area contributed by atoms with Gasteiger partial charge in [-0.1, -0.05) is 18.2 Å². The molecule has 1 atom stereocenters. The number of aliphatic hydroxyl groups is 2. The van der Waals surface area contributed by atoms with Crippen LogP contribution in [0.4, 0.5) is 4.79 Å². The number of carbonyl (C=O) groups excluding carboxylic acids is 2. The Balaban J connectivity index is 1.40. The number of nitrogens with one attached hydrogen (secondary N) is 1. The first-order valence-electron chi connectivity index (χ1n) is 12.7. The van der Waals surface area contributed by atoms with Gasteiger partial charge in [-0.25, -0.2) is 4.79 Å². The zero-order valence-electron chi connectivity index (χ0n) is 21.3. The molecule has 1 aliphatic heterocycles. The average molecular weight is 486 g/mol. The molecule has 2 aromatic rings. The second-order valence-corrected chi connectivity index (χ2v) is 11.2. The fourth-order valence-corrected chi connectivity index (χ4v) is 5.66. The Labute approximate surface area is 207 Å². The monoisotopic (exact) mass is 485 g/mol. The Kier molecular flexibility index (Phi) is 7.43. The number of aliphatic hydroxyl groups excluding tert-OH is 1.